The van der Waals surface area contributed by atoms with E-state index in [1.807, 2.05) is 32.9 Å². The summed E-state index contributed by atoms with van der Waals surface area (Å²) in [6.07, 6.45) is 6.07. The van der Waals surface area contributed by atoms with Gasteiger partial charge in [-0.1, -0.05) is 25.4 Å². The van der Waals surface area contributed by atoms with Crippen molar-refractivity contribution in [2.24, 2.45) is 5.92 Å². The predicted octanol–water partition coefficient (Wildman–Crippen LogP) is 2.70. The van der Waals surface area contributed by atoms with Crippen LogP contribution in [0.4, 0.5) is 0 Å². The number of likely N-dealkylation sites (tertiary alicyclic amines) is 1. The van der Waals surface area contributed by atoms with Crippen molar-refractivity contribution < 1.29 is 9.32 Å². The number of carbonyl (C=O) groups is 1. The molecule has 0 aromatic carbocycles. The molecule has 1 saturated carbocycles. The molecule has 0 spiro atoms. The minimum absolute atomic E-state index is 0.0971. The smallest absolute Gasteiger partial charge is 0.270 e. The highest BCUT2D eigenvalue weighted by Gasteiger charge is 2.55. The number of fused-ring (bicyclic) bond motifs is 2. The van der Waals surface area contributed by atoms with Crippen LogP contribution in [-0.4, -0.2) is 43.4 Å². The van der Waals surface area contributed by atoms with Crippen LogP contribution in [0, 0.1) is 12.8 Å². The van der Waals surface area contributed by atoms with E-state index in [2.05, 4.69) is 15.1 Å². The number of pyridine rings is 1. The summed E-state index contributed by atoms with van der Waals surface area (Å²) in [4.78, 5) is 37.0. The molecule has 1 aliphatic carbocycles. The van der Waals surface area contributed by atoms with Crippen molar-refractivity contribution in [3.05, 3.63) is 57.7 Å². The Morgan fingerprint density at radius 1 is 1.37 bits per heavy atom. The van der Waals surface area contributed by atoms with Crippen LogP contribution >= 0.6 is 0 Å². The van der Waals surface area contributed by atoms with Crippen molar-refractivity contribution in [3.8, 4) is 0 Å². The van der Waals surface area contributed by atoms with E-state index < -0.39 is 0 Å². The zero-order chi connectivity index (χ0) is 21.0. The zero-order valence-electron chi connectivity index (χ0n) is 17.5. The second kappa shape index (κ2) is 6.75. The van der Waals surface area contributed by atoms with Gasteiger partial charge in [0.1, 0.15) is 11.2 Å². The van der Waals surface area contributed by atoms with E-state index in [-0.39, 0.29) is 34.3 Å². The molecule has 0 N–H and O–H groups in total. The maximum absolute atomic E-state index is 13.3. The summed E-state index contributed by atoms with van der Waals surface area (Å²) in [5.41, 5.74) is 0.998. The van der Waals surface area contributed by atoms with Crippen LogP contribution in [0.3, 0.4) is 0 Å². The van der Waals surface area contributed by atoms with Crippen LogP contribution in [0.5, 0.6) is 0 Å². The van der Waals surface area contributed by atoms with E-state index in [1.54, 1.807) is 11.1 Å². The average Bonchev–Trinajstić information content (AvgIpc) is 3.41. The Morgan fingerprint density at radius 3 is 2.97 bits per heavy atom. The summed E-state index contributed by atoms with van der Waals surface area (Å²) in [6, 6.07) is 3.66. The van der Waals surface area contributed by atoms with Crippen molar-refractivity contribution in [2.45, 2.75) is 51.4 Å². The van der Waals surface area contributed by atoms with Crippen LogP contribution < -0.4 is 5.56 Å². The molecule has 5 rings (SSSR count). The normalized spacial score (nSPS) is 23.5. The molecule has 0 unspecified atom stereocenters. The fraction of sp³-hybridized carbons (Fsp3) is 0.500. The van der Waals surface area contributed by atoms with Gasteiger partial charge in [-0.2, -0.15) is 4.98 Å². The molecule has 2 aliphatic rings. The number of carbonyl (C=O) groups excluding carboxylic acids is 1. The molecule has 30 heavy (non-hydrogen) atoms. The first-order chi connectivity index (χ1) is 14.4. The maximum Gasteiger partial charge on any atom is 0.270 e. The molecular formula is C22H25N5O3. The largest absolute Gasteiger partial charge is 0.339 e. The molecule has 8 heteroatoms. The molecule has 8 nitrogen and oxygen atoms in total. The molecule has 1 amide bonds. The number of aryl methyl sites for hydroxylation is 1. The van der Waals surface area contributed by atoms with Gasteiger partial charge in [0.15, 0.2) is 5.82 Å². The van der Waals surface area contributed by atoms with Crippen molar-refractivity contribution in [1.82, 2.24) is 24.4 Å². The SMILES string of the molecule is Cc1ccn2c(=O)c(C(=O)N3C[C@H]4CCC[C@@]4(c4nc(C(C)C)no4)C3)cnc2c1. The number of aromatic nitrogens is 4. The molecule has 2 atom stereocenters. The monoisotopic (exact) mass is 407 g/mol. The van der Waals surface area contributed by atoms with E-state index in [0.717, 1.165) is 24.8 Å². The van der Waals surface area contributed by atoms with Gasteiger partial charge in [-0.3, -0.25) is 14.0 Å². The lowest BCUT2D eigenvalue weighted by Crippen LogP contribution is -2.37. The van der Waals surface area contributed by atoms with Gasteiger partial charge in [0.2, 0.25) is 5.89 Å². The van der Waals surface area contributed by atoms with Gasteiger partial charge in [0.05, 0.1) is 5.41 Å². The highest BCUT2D eigenvalue weighted by atomic mass is 16.5. The maximum atomic E-state index is 13.3. The number of amides is 1. The lowest BCUT2D eigenvalue weighted by Gasteiger charge is -2.24. The summed E-state index contributed by atoms with van der Waals surface area (Å²) in [7, 11) is 0. The van der Waals surface area contributed by atoms with Crippen molar-refractivity contribution >= 4 is 11.6 Å². The highest BCUT2D eigenvalue weighted by molar-refractivity contribution is 5.94. The summed E-state index contributed by atoms with van der Waals surface area (Å²) in [6.45, 7) is 7.09. The first kappa shape index (κ1) is 19.0. The molecular weight excluding hydrogens is 382 g/mol. The Kier molecular flexibility index (Phi) is 4.27. The van der Waals surface area contributed by atoms with E-state index in [1.165, 1.54) is 10.6 Å². The number of hydrogen-bond acceptors (Lipinski definition) is 6. The number of hydrogen-bond donors (Lipinski definition) is 0. The zero-order valence-corrected chi connectivity index (χ0v) is 17.5. The van der Waals surface area contributed by atoms with Crippen LogP contribution in [-0.2, 0) is 5.41 Å². The second-order valence-corrected chi connectivity index (χ2v) is 8.95. The summed E-state index contributed by atoms with van der Waals surface area (Å²) in [5, 5.41) is 4.15. The highest BCUT2D eigenvalue weighted by Crippen LogP contribution is 2.50. The van der Waals surface area contributed by atoms with Crippen LogP contribution in [0.2, 0.25) is 0 Å². The van der Waals surface area contributed by atoms with E-state index >= 15 is 0 Å². The van der Waals surface area contributed by atoms with Crippen LogP contribution in [0.1, 0.15) is 66.7 Å². The lowest BCUT2D eigenvalue weighted by atomic mass is 9.80. The van der Waals surface area contributed by atoms with Crippen molar-refractivity contribution in [3.63, 3.8) is 0 Å². The van der Waals surface area contributed by atoms with Crippen molar-refractivity contribution in [2.75, 3.05) is 13.1 Å². The second-order valence-electron chi connectivity index (χ2n) is 8.95. The average molecular weight is 407 g/mol. The Bertz CT molecular complexity index is 1200. The first-order valence-electron chi connectivity index (χ1n) is 10.5. The third-order valence-electron chi connectivity index (χ3n) is 6.64. The Labute approximate surface area is 173 Å². The van der Waals surface area contributed by atoms with Crippen molar-refractivity contribution in [1.29, 1.82) is 0 Å². The Hall–Kier alpha value is -3.03. The summed E-state index contributed by atoms with van der Waals surface area (Å²) < 4.78 is 7.09. The summed E-state index contributed by atoms with van der Waals surface area (Å²) >= 11 is 0. The molecule has 0 radical (unpaired) electrons. The van der Waals surface area contributed by atoms with Gasteiger partial charge in [0.25, 0.3) is 11.5 Å². The first-order valence-corrected chi connectivity index (χ1v) is 10.5. The van der Waals surface area contributed by atoms with E-state index in [4.69, 9.17) is 4.52 Å². The minimum atomic E-state index is -0.337. The topological polar surface area (TPSA) is 93.6 Å². The van der Waals surface area contributed by atoms with Gasteiger partial charge >= 0.3 is 0 Å². The molecule has 2 fully saturated rings. The third kappa shape index (κ3) is 2.77. The van der Waals surface area contributed by atoms with Gasteiger partial charge in [-0.25, -0.2) is 4.98 Å². The van der Waals surface area contributed by atoms with E-state index in [0.29, 0.717) is 30.5 Å². The molecule has 1 aliphatic heterocycles. The number of nitrogens with zero attached hydrogens (tertiary/aromatic N) is 5. The van der Waals surface area contributed by atoms with Crippen LogP contribution in [0.15, 0.2) is 33.8 Å². The Balaban J connectivity index is 1.48. The molecule has 3 aromatic heterocycles. The summed E-state index contributed by atoms with van der Waals surface area (Å²) in [5.74, 6) is 1.50. The molecule has 1 saturated heterocycles. The molecule has 4 heterocycles. The lowest BCUT2D eigenvalue weighted by molar-refractivity contribution is 0.0772. The Morgan fingerprint density at radius 2 is 2.20 bits per heavy atom. The standard InChI is InChI=1S/C22H25N5O3/c1-13(2)18-24-21(30-25-18)22-7-4-5-15(22)11-26(12-22)19(28)16-10-23-17-9-14(3)6-8-27(17)20(16)29/h6,8-10,13,15H,4-5,7,11-12H2,1-3H3/t15-,22-/m1/s1. The quantitative estimate of drug-likeness (QED) is 0.663. The minimum Gasteiger partial charge on any atom is -0.339 e. The molecule has 3 aromatic rings. The third-order valence-corrected chi connectivity index (χ3v) is 6.64. The van der Waals surface area contributed by atoms with Gasteiger partial charge in [-0.05, 0) is 43.4 Å². The number of rotatable bonds is 3. The predicted molar refractivity (Wildman–Crippen MR) is 110 cm³/mol. The molecule has 156 valence electrons. The van der Waals surface area contributed by atoms with Gasteiger partial charge < -0.3 is 9.42 Å². The van der Waals surface area contributed by atoms with E-state index in [9.17, 15) is 9.59 Å². The van der Waals surface area contributed by atoms with Crippen LogP contribution in [0.25, 0.3) is 5.65 Å². The van der Waals surface area contributed by atoms with Gasteiger partial charge in [0, 0.05) is 31.4 Å². The fourth-order valence-corrected chi connectivity index (χ4v) is 4.96. The fourth-order valence-electron chi connectivity index (χ4n) is 4.96. The van der Waals surface area contributed by atoms with Gasteiger partial charge in [-0.15, -0.1) is 0 Å². The molecule has 0 bridgehead atoms.